The number of hydrogen-bond donors (Lipinski definition) is 1. The van der Waals surface area contributed by atoms with Gasteiger partial charge in [-0.1, -0.05) is 36.4 Å². The number of rotatable bonds is 6. The molecule has 6 nitrogen and oxygen atoms in total. The van der Waals surface area contributed by atoms with Gasteiger partial charge in [0.05, 0.1) is 10.9 Å². The van der Waals surface area contributed by atoms with Crippen LogP contribution in [0.5, 0.6) is 0 Å². The third kappa shape index (κ3) is 3.85. The molecule has 154 valence electrons. The second-order valence-corrected chi connectivity index (χ2v) is 7.53. The van der Waals surface area contributed by atoms with Gasteiger partial charge in [-0.05, 0) is 31.9 Å². The molecule has 0 atom stereocenters. The van der Waals surface area contributed by atoms with Gasteiger partial charge in [-0.3, -0.25) is 14.4 Å². The number of fused-ring (bicyclic) bond motifs is 1. The van der Waals surface area contributed by atoms with Crippen molar-refractivity contribution < 1.29 is 14.0 Å². The quantitative estimate of drug-likeness (QED) is 0.638. The van der Waals surface area contributed by atoms with Crippen LogP contribution in [0.2, 0.25) is 0 Å². The molecule has 1 aliphatic rings. The molecule has 1 fully saturated rings. The summed E-state index contributed by atoms with van der Waals surface area (Å²) in [5, 5.41) is 3.28. The highest BCUT2D eigenvalue weighted by Crippen LogP contribution is 2.27. The lowest BCUT2D eigenvalue weighted by Gasteiger charge is -2.15. The lowest BCUT2D eigenvalue weighted by Crippen LogP contribution is -2.30. The lowest BCUT2D eigenvalue weighted by atomic mass is 10.0. The van der Waals surface area contributed by atoms with Gasteiger partial charge < -0.3 is 14.6 Å². The largest absolute Gasteiger partial charge is 0.455 e. The zero-order valence-electron chi connectivity index (χ0n) is 16.9. The Morgan fingerprint density at radius 2 is 1.90 bits per heavy atom. The van der Waals surface area contributed by atoms with E-state index in [0.29, 0.717) is 53.8 Å². The molecular weight excluding hydrogens is 380 g/mol. The second-order valence-electron chi connectivity index (χ2n) is 7.53. The minimum atomic E-state index is -0.292. The predicted octanol–water partition coefficient (Wildman–Crippen LogP) is 3.51. The van der Waals surface area contributed by atoms with Crippen molar-refractivity contribution in [3.05, 3.63) is 69.9 Å². The van der Waals surface area contributed by atoms with Crippen molar-refractivity contribution in [2.24, 2.45) is 0 Å². The van der Waals surface area contributed by atoms with E-state index in [4.69, 9.17) is 4.42 Å². The fourth-order valence-corrected chi connectivity index (χ4v) is 3.86. The molecule has 1 N–H and O–H groups in total. The smallest absolute Gasteiger partial charge is 0.255 e. The fourth-order valence-electron chi connectivity index (χ4n) is 3.86. The average molecular weight is 404 g/mol. The zero-order chi connectivity index (χ0) is 21.1. The molecule has 0 aliphatic carbocycles. The number of benzene rings is 2. The Morgan fingerprint density at radius 3 is 2.63 bits per heavy atom. The van der Waals surface area contributed by atoms with Crippen LogP contribution in [0.1, 0.15) is 35.2 Å². The number of nitrogens with zero attached hydrogens (tertiary/aromatic N) is 1. The lowest BCUT2D eigenvalue weighted by molar-refractivity contribution is -0.127. The van der Waals surface area contributed by atoms with Crippen LogP contribution in [-0.2, 0) is 4.79 Å². The van der Waals surface area contributed by atoms with Gasteiger partial charge in [-0.15, -0.1) is 0 Å². The summed E-state index contributed by atoms with van der Waals surface area (Å²) in [6.07, 6.45) is 2.20. The van der Waals surface area contributed by atoms with Crippen LogP contribution in [0.15, 0.2) is 57.7 Å². The van der Waals surface area contributed by atoms with Gasteiger partial charge in [-0.25, -0.2) is 0 Å². The highest BCUT2D eigenvalue weighted by atomic mass is 16.3. The van der Waals surface area contributed by atoms with E-state index >= 15 is 0 Å². The highest BCUT2D eigenvalue weighted by molar-refractivity contribution is 6.05. The Morgan fingerprint density at radius 1 is 1.10 bits per heavy atom. The van der Waals surface area contributed by atoms with Crippen molar-refractivity contribution >= 4 is 22.8 Å². The maximum atomic E-state index is 12.9. The first-order valence-corrected chi connectivity index (χ1v) is 10.2. The van der Waals surface area contributed by atoms with Crippen LogP contribution in [0, 0.1) is 6.92 Å². The van der Waals surface area contributed by atoms with E-state index in [1.54, 1.807) is 25.1 Å². The van der Waals surface area contributed by atoms with Crippen LogP contribution in [0.3, 0.4) is 0 Å². The third-order valence-corrected chi connectivity index (χ3v) is 5.49. The summed E-state index contributed by atoms with van der Waals surface area (Å²) in [6, 6.07) is 14.4. The SMILES string of the molecule is Cc1c(-c2ccccc2)oc2c(C(=O)NCCCN3CCCC3=O)cccc2c1=O. The summed E-state index contributed by atoms with van der Waals surface area (Å²) < 4.78 is 6.10. The minimum Gasteiger partial charge on any atom is -0.455 e. The van der Waals surface area contributed by atoms with Gasteiger partial charge in [0.15, 0.2) is 11.0 Å². The minimum absolute atomic E-state index is 0.141. The summed E-state index contributed by atoms with van der Waals surface area (Å²) in [4.78, 5) is 39.2. The number of para-hydroxylation sites is 1. The standard InChI is InChI=1S/C24H24N2O4/c1-16-21(28)18-10-5-11-19(23(18)30-22(16)17-8-3-2-4-9-17)24(29)25-13-7-15-26-14-6-12-20(26)27/h2-5,8-11H,6-7,12-15H2,1H3,(H,25,29). The highest BCUT2D eigenvalue weighted by Gasteiger charge is 2.20. The summed E-state index contributed by atoms with van der Waals surface area (Å²) in [5.41, 5.74) is 1.79. The van der Waals surface area contributed by atoms with E-state index < -0.39 is 0 Å². The molecule has 0 unspecified atom stereocenters. The maximum Gasteiger partial charge on any atom is 0.255 e. The van der Waals surface area contributed by atoms with E-state index in [1.807, 2.05) is 35.2 Å². The van der Waals surface area contributed by atoms with Gasteiger partial charge in [0.1, 0.15) is 5.76 Å². The number of carbonyl (C=O) groups excluding carboxylic acids is 2. The number of likely N-dealkylation sites (tertiary alicyclic amines) is 1. The van der Waals surface area contributed by atoms with Crippen molar-refractivity contribution in [2.75, 3.05) is 19.6 Å². The number of amides is 2. The van der Waals surface area contributed by atoms with Crippen molar-refractivity contribution in [1.82, 2.24) is 10.2 Å². The molecular formula is C24H24N2O4. The molecule has 2 amide bonds. The molecule has 0 saturated carbocycles. The Labute approximate surface area is 174 Å². The van der Waals surface area contributed by atoms with Gasteiger partial charge in [-0.2, -0.15) is 0 Å². The molecule has 2 heterocycles. The Bertz CT molecular complexity index is 1150. The Balaban J connectivity index is 1.57. The molecule has 3 aromatic rings. The van der Waals surface area contributed by atoms with Crippen molar-refractivity contribution in [1.29, 1.82) is 0 Å². The number of nitrogens with one attached hydrogen (secondary N) is 1. The maximum absolute atomic E-state index is 12.9. The average Bonchev–Trinajstić information content (AvgIpc) is 3.18. The van der Waals surface area contributed by atoms with Crippen LogP contribution in [-0.4, -0.2) is 36.3 Å². The molecule has 0 bridgehead atoms. The van der Waals surface area contributed by atoms with E-state index in [-0.39, 0.29) is 17.2 Å². The van der Waals surface area contributed by atoms with Crippen LogP contribution >= 0.6 is 0 Å². The summed E-state index contributed by atoms with van der Waals surface area (Å²) in [7, 11) is 0. The molecule has 2 aromatic carbocycles. The summed E-state index contributed by atoms with van der Waals surface area (Å²) >= 11 is 0. The van der Waals surface area contributed by atoms with E-state index in [9.17, 15) is 14.4 Å². The first-order valence-electron chi connectivity index (χ1n) is 10.2. The van der Waals surface area contributed by atoms with Gasteiger partial charge in [0.25, 0.3) is 5.91 Å². The molecule has 6 heteroatoms. The van der Waals surface area contributed by atoms with Gasteiger partial charge >= 0.3 is 0 Å². The van der Waals surface area contributed by atoms with E-state index in [2.05, 4.69) is 5.32 Å². The predicted molar refractivity (Wildman–Crippen MR) is 115 cm³/mol. The van der Waals surface area contributed by atoms with Gasteiger partial charge in [0, 0.05) is 37.2 Å². The third-order valence-electron chi connectivity index (χ3n) is 5.49. The van der Waals surface area contributed by atoms with Crippen LogP contribution in [0.4, 0.5) is 0 Å². The normalized spacial score (nSPS) is 13.8. The van der Waals surface area contributed by atoms with Crippen molar-refractivity contribution in [3.8, 4) is 11.3 Å². The molecule has 0 radical (unpaired) electrons. The van der Waals surface area contributed by atoms with Crippen LogP contribution in [0.25, 0.3) is 22.3 Å². The van der Waals surface area contributed by atoms with Gasteiger partial charge in [0.2, 0.25) is 5.91 Å². The Hall–Kier alpha value is -3.41. The zero-order valence-corrected chi connectivity index (χ0v) is 16.9. The first kappa shape index (κ1) is 19.9. The molecule has 4 rings (SSSR count). The molecule has 1 aliphatic heterocycles. The second kappa shape index (κ2) is 8.53. The fraction of sp³-hybridized carbons (Fsp3) is 0.292. The molecule has 0 spiro atoms. The summed E-state index contributed by atoms with van der Waals surface area (Å²) in [5.74, 6) is 0.362. The Kier molecular flexibility index (Phi) is 5.65. The monoisotopic (exact) mass is 404 g/mol. The molecule has 30 heavy (non-hydrogen) atoms. The van der Waals surface area contributed by atoms with E-state index in [1.165, 1.54) is 0 Å². The topological polar surface area (TPSA) is 79.6 Å². The number of carbonyl (C=O) groups is 2. The molecule has 1 saturated heterocycles. The number of hydrogen-bond acceptors (Lipinski definition) is 4. The van der Waals surface area contributed by atoms with E-state index in [0.717, 1.165) is 18.5 Å². The van der Waals surface area contributed by atoms with Crippen molar-refractivity contribution in [2.45, 2.75) is 26.2 Å². The summed E-state index contributed by atoms with van der Waals surface area (Å²) in [6.45, 7) is 3.62. The van der Waals surface area contributed by atoms with Crippen molar-refractivity contribution in [3.63, 3.8) is 0 Å². The first-order chi connectivity index (χ1) is 14.6. The molecule has 1 aromatic heterocycles. The van der Waals surface area contributed by atoms with Crippen LogP contribution < -0.4 is 10.7 Å².